The number of para-hydroxylation sites is 3. The summed E-state index contributed by atoms with van der Waals surface area (Å²) in [7, 11) is 0. The predicted octanol–water partition coefficient (Wildman–Crippen LogP) is 18.7. The van der Waals surface area contributed by atoms with Crippen molar-refractivity contribution in [3.63, 3.8) is 0 Å². The summed E-state index contributed by atoms with van der Waals surface area (Å²) in [6.07, 6.45) is 0. The van der Waals surface area contributed by atoms with Crippen molar-refractivity contribution in [3.05, 3.63) is 278 Å². The second-order valence-corrected chi connectivity index (χ2v) is 19.7. The van der Waals surface area contributed by atoms with Crippen molar-refractivity contribution in [1.82, 2.24) is 23.7 Å². The number of fused-ring (bicyclic) bond motifs is 9. The zero-order valence-electron chi connectivity index (χ0n) is 41.6. The van der Waals surface area contributed by atoms with E-state index in [9.17, 15) is 0 Å². The summed E-state index contributed by atoms with van der Waals surface area (Å²) in [5.74, 6) is 0.707. The van der Waals surface area contributed by atoms with E-state index in [4.69, 9.17) is 16.5 Å². The molecule has 0 spiro atoms. The molecule has 4 heterocycles. The van der Waals surface area contributed by atoms with E-state index in [1.807, 2.05) is 48.5 Å². The van der Waals surface area contributed by atoms with Crippen molar-refractivity contribution >= 4 is 71.1 Å². The predicted molar refractivity (Wildman–Crippen MR) is 318 cm³/mol. The lowest BCUT2D eigenvalue weighted by Crippen LogP contribution is -1.96. The Bertz CT molecular complexity index is 4720. The van der Waals surface area contributed by atoms with Gasteiger partial charge in [0.2, 0.25) is 0 Å². The molecule has 11 aromatic carbocycles. The highest BCUT2D eigenvalue weighted by atomic mass is 15.0. The third kappa shape index (κ3) is 7.33. The normalized spacial score (nSPS) is 11.6. The van der Waals surface area contributed by atoms with Crippen molar-refractivity contribution in [2.75, 3.05) is 0 Å². The molecule has 0 aliphatic rings. The Kier molecular flexibility index (Phi) is 10.2. The van der Waals surface area contributed by atoms with E-state index < -0.39 is 0 Å². The van der Waals surface area contributed by atoms with Crippen molar-refractivity contribution < 1.29 is 0 Å². The maximum atomic E-state index is 7.77. The first-order valence-corrected chi connectivity index (χ1v) is 25.9. The molecule has 4 aromatic heterocycles. The minimum Gasteiger partial charge on any atom is -0.309 e. The van der Waals surface area contributed by atoms with Gasteiger partial charge in [0.15, 0.2) is 11.5 Å². The largest absolute Gasteiger partial charge is 0.309 e. The summed E-state index contributed by atoms with van der Waals surface area (Å²) < 4.78 is 7.15. The molecule has 0 unspecified atom stereocenters. The third-order valence-electron chi connectivity index (χ3n) is 15.3. The van der Waals surface area contributed by atoms with Gasteiger partial charge in [-0.2, -0.15) is 0 Å². The van der Waals surface area contributed by atoms with Crippen molar-refractivity contribution in [2.45, 2.75) is 0 Å². The van der Waals surface area contributed by atoms with Gasteiger partial charge in [0.05, 0.1) is 51.1 Å². The van der Waals surface area contributed by atoms with E-state index in [1.165, 1.54) is 21.8 Å². The Balaban J connectivity index is 0.796. The van der Waals surface area contributed by atoms with Crippen LogP contribution >= 0.6 is 0 Å². The van der Waals surface area contributed by atoms with Crippen LogP contribution in [0.3, 0.4) is 0 Å². The third-order valence-corrected chi connectivity index (χ3v) is 15.3. The fourth-order valence-electron chi connectivity index (χ4n) is 11.6. The lowest BCUT2D eigenvalue weighted by Gasteiger charge is -2.12. The Labute approximate surface area is 444 Å². The van der Waals surface area contributed by atoms with Gasteiger partial charge >= 0.3 is 0 Å². The number of hydrogen-bond acceptors (Lipinski definition) is 2. The van der Waals surface area contributed by atoms with Crippen LogP contribution < -0.4 is 0 Å². The first-order chi connectivity index (χ1) is 38.1. The molecule has 358 valence electrons. The van der Waals surface area contributed by atoms with Gasteiger partial charge in [0.1, 0.15) is 0 Å². The van der Waals surface area contributed by atoms with Gasteiger partial charge in [-0.25, -0.2) is 14.8 Å². The molecule has 0 bridgehead atoms. The van der Waals surface area contributed by atoms with Gasteiger partial charge in [-0.1, -0.05) is 182 Å². The van der Waals surface area contributed by atoms with Gasteiger partial charge in [0.25, 0.3) is 0 Å². The standard InChI is InChI=1S/C71H44N6/c1-72-53-34-39-68-60(42-53)59-20-10-13-23-67(59)77(68)56-38-41-70-62(44-56)61-43-55(76-65-21-11-8-18-57(65)58-19-9-12-22-66(58)76)37-40-69(61)75(70)54-35-32-49(33-36-54)47-26-24-46(25-27-47)48-28-30-51(31-29-48)64-45-63(50-14-4-2-5-15-50)73-71(74-64)52-16-6-3-7-17-52/h2-45H. The van der Waals surface area contributed by atoms with E-state index in [0.717, 1.165) is 111 Å². The minimum atomic E-state index is 0.637. The highest BCUT2D eigenvalue weighted by Gasteiger charge is 2.20. The van der Waals surface area contributed by atoms with Crippen LogP contribution in [0.2, 0.25) is 0 Å². The quantitative estimate of drug-likeness (QED) is 0.142. The van der Waals surface area contributed by atoms with Crippen LogP contribution in [0.15, 0.2) is 267 Å². The molecule has 77 heavy (non-hydrogen) atoms. The van der Waals surface area contributed by atoms with Crippen molar-refractivity contribution in [2.24, 2.45) is 0 Å². The monoisotopic (exact) mass is 980 g/mol. The molecule has 0 radical (unpaired) electrons. The number of benzene rings is 11. The fraction of sp³-hybridized carbons (Fsp3) is 0. The number of nitrogens with zero attached hydrogens (tertiary/aromatic N) is 6. The smallest absolute Gasteiger partial charge is 0.188 e. The molecular weight excluding hydrogens is 937 g/mol. The lowest BCUT2D eigenvalue weighted by atomic mass is 9.98. The summed E-state index contributed by atoms with van der Waals surface area (Å²) in [4.78, 5) is 13.8. The molecular formula is C71H44N6. The Morgan fingerprint density at radius 1 is 0.260 bits per heavy atom. The Morgan fingerprint density at radius 2 is 0.597 bits per heavy atom. The average molecular weight is 981 g/mol. The van der Waals surface area contributed by atoms with Crippen LogP contribution in [-0.2, 0) is 0 Å². The summed E-state index contributed by atoms with van der Waals surface area (Å²) in [6.45, 7) is 7.77. The van der Waals surface area contributed by atoms with Gasteiger partial charge in [-0.3, -0.25) is 0 Å². The maximum absolute atomic E-state index is 7.77. The zero-order valence-corrected chi connectivity index (χ0v) is 41.6. The minimum absolute atomic E-state index is 0.637. The molecule has 0 N–H and O–H groups in total. The number of hydrogen-bond donors (Lipinski definition) is 0. The van der Waals surface area contributed by atoms with E-state index in [2.05, 4.69) is 237 Å². The molecule has 0 atom stereocenters. The first-order valence-electron chi connectivity index (χ1n) is 25.9. The molecule has 6 heteroatoms. The number of rotatable bonds is 8. The van der Waals surface area contributed by atoms with Gasteiger partial charge < -0.3 is 13.7 Å². The van der Waals surface area contributed by atoms with Gasteiger partial charge in [0, 0.05) is 60.7 Å². The van der Waals surface area contributed by atoms with Crippen molar-refractivity contribution in [3.8, 4) is 73.2 Å². The highest BCUT2D eigenvalue weighted by Crippen LogP contribution is 2.41. The topological polar surface area (TPSA) is 44.9 Å². The molecule has 15 rings (SSSR count). The van der Waals surface area contributed by atoms with E-state index in [1.54, 1.807) is 0 Å². The fourth-order valence-corrected chi connectivity index (χ4v) is 11.6. The van der Waals surface area contributed by atoms with E-state index >= 15 is 0 Å². The molecule has 0 saturated heterocycles. The van der Waals surface area contributed by atoms with Gasteiger partial charge in [-0.05, 0) is 113 Å². The summed E-state index contributed by atoms with van der Waals surface area (Å²) >= 11 is 0. The number of aromatic nitrogens is 5. The second kappa shape index (κ2) is 17.8. The summed E-state index contributed by atoms with van der Waals surface area (Å²) in [5.41, 5.74) is 20.1. The Hall–Kier alpha value is -10.6. The summed E-state index contributed by atoms with van der Waals surface area (Å²) in [5, 5.41) is 6.99. The lowest BCUT2D eigenvalue weighted by molar-refractivity contribution is 1.16. The molecule has 0 fully saturated rings. The van der Waals surface area contributed by atoms with Crippen LogP contribution in [0.5, 0.6) is 0 Å². The average Bonchev–Trinajstić information content (AvgIpc) is 4.22. The highest BCUT2D eigenvalue weighted by molar-refractivity contribution is 6.14. The van der Waals surface area contributed by atoms with Crippen LogP contribution in [0.1, 0.15) is 0 Å². The summed E-state index contributed by atoms with van der Waals surface area (Å²) in [6, 6.07) is 94.8. The second-order valence-electron chi connectivity index (χ2n) is 19.7. The molecule has 6 nitrogen and oxygen atoms in total. The molecule has 0 amide bonds. The van der Waals surface area contributed by atoms with Crippen LogP contribution in [0.25, 0.3) is 143 Å². The molecule has 15 aromatic rings. The first kappa shape index (κ1) is 43.9. The van der Waals surface area contributed by atoms with E-state index in [-0.39, 0.29) is 0 Å². The maximum Gasteiger partial charge on any atom is 0.188 e. The Morgan fingerprint density at radius 3 is 1.08 bits per heavy atom. The van der Waals surface area contributed by atoms with E-state index in [0.29, 0.717) is 11.5 Å². The van der Waals surface area contributed by atoms with Crippen LogP contribution in [0, 0.1) is 6.57 Å². The van der Waals surface area contributed by atoms with Crippen LogP contribution in [-0.4, -0.2) is 23.7 Å². The SMILES string of the molecule is [C-]#[N+]c1ccc2c(c1)c1ccccc1n2-c1ccc2c(c1)c1cc(-n3c4ccccc4c4ccccc43)ccc1n2-c1ccc(-c2ccc(-c3ccc(-c4cc(-c5ccccc5)nc(-c5ccccc5)n4)cc3)cc2)cc1. The molecule has 0 aliphatic heterocycles. The van der Waals surface area contributed by atoms with Crippen LogP contribution in [0.4, 0.5) is 5.69 Å². The molecule has 0 aliphatic carbocycles. The zero-order chi connectivity index (χ0) is 51.0. The van der Waals surface area contributed by atoms with Gasteiger partial charge in [-0.15, -0.1) is 0 Å². The molecule has 0 saturated carbocycles. The van der Waals surface area contributed by atoms with Crippen molar-refractivity contribution in [1.29, 1.82) is 0 Å².